The third-order valence-corrected chi connectivity index (χ3v) is 1.84. The first-order chi connectivity index (χ1) is 6.20. The number of nitrogens with zero attached hydrogens (tertiary/aromatic N) is 1. The van der Waals surface area contributed by atoms with Gasteiger partial charge in [-0.25, -0.2) is 0 Å². The molecule has 0 aromatic heterocycles. The minimum atomic E-state index is 0.578. The van der Waals surface area contributed by atoms with Crippen LogP contribution in [-0.4, -0.2) is 27.5 Å². The van der Waals surface area contributed by atoms with Crippen molar-refractivity contribution >= 4 is 12.0 Å². The van der Waals surface area contributed by atoms with Crippen LogP contribution >= 0.6 is 0 Å². The molecule has 0 unspecified atom stereocenters. The maximum atomic E-state index is 10.7. The number of hydrogen-bond donors (Lipinski definition) is 0. The number of carbonyl (C=O) groups is 1. The second-order valence-corrected chi connectivity index (χ2v) is 2.91. The molecule has 70 valence electrons. The maximum Gasteiger partial charge on any atom is 0.153 e. The third kappa shape index (κ3) is 1.80. The van der Waals surface area contributed by atoms with E-state index in [1.807, 2.05) is 31.1 Å². The van der Waals surface area contributed by atoms with E-state index in [4.69, 9.17) is 4.74 Å². The first-order valence-electron chi connectivity index (χ1n) is 4.00. The summed E-state index contributed by atoms with van der Waals surface area (Å²) in [6.07, 6.45) is 0.797. The van der Waals surface area contributed by atoms with Gasteiger partial charge in [0.25, 0.3) is 0 Å². The van der Waals surface area contributed by atoms with Crippen molar-refractivity contribution in [2.75, 3.05) is 26.1 Å². The molecule has 0 fully saturated rings. The van der Waals surface area contributed by atoms with Gasteiger partial charge >= 0.3 is 0 Å². The Labute approximate surface area is 77.9 Å². The monoisotopic (exact) mass is 179 g/mol. The van der Waals surface area contributed by atoms with Gasteiger partial charge in [0.05, 0.1) is 18.4 Å². The summed E-state index contributed by atoms with van der Waals surface area (Å²) >= 11 is 0. The Morgan fingerprint density at radius 2 is 2.08 bits per heavy atom. The van der Waals surface area contributed by atoms with Crippen molar-refractivity contribution in [2.45, 2.75) is 0 Å². The molecule has 0 radical (unpaired) electrons. The Hall–Kier alpha value is -1.51. The van der Waals surface area contributed by atoms with E-state index in [1.165, 1.54) is 0 Å². The lowest BCUT2D eigenvalue weighted by Crippen LogP contribution is -2.10. The molecular formula is C10H13NO2. The van der Waals surface area contributed by atoms with E-state index < -0.39 is 0 Å². The Balaban J connectivity index is 3.26. The molecular weight excluding hydrogens is 166 g/mol. The zero-order valence-electron chi connectivity index (χ0n) is 8.07. The van der Waals surface area contributed by atoms with E-state index in [0.717, 1.165) is 12.0 Å². The summed E-state index contributed by atoms with van der Waals surface area (Å²) < 4.78 is 5.16. The van der Waals surface area contributed by atoms with Crippen molar-refractivity contribution < 1.29 is 9.53 Å². The molecule has 0 heterocycles. The number of benzene rings is 1. The van der Waals surface area contributed by atoms with Crippen molar-refractivity contribution in [3.63, 3.8) is 0 Å². The molecule has 0 spiro atoms. The lowest BCUT2D eigenvalue weighted by atomic mass is 10.2. The number of ether oxygens (including phenoxy) is 1. The number of para-hydroxylation sites is 1. The fraction of sp³-hybridized carbons (Fsp3) is 0.300. The van der Waals surface area contributed by atoms with Crippen LogP contribution in [0.15, 0.2) is 18.2 Å². The van der Waals surface area contributed by atoms with Crippen LogP contribution in [0.25, 0.3) is 0 Å². The van der Waals surface area contributed by atoms with Crippen LogP contribution in [-0.2, 0) is 0 Å². The zero-order valence-corrected chi connectivity index (χ0v) is 8.07. The fourth-order valence-electron chi connectivity index (χ4n) is 1.21. The summed E-state index contributed by atoms with van der Waals surface area (Å²) in [4.78, 5) is 12.6. The van der Waals surface area contributed by atoms with Crippen LogP contribution in [0.4, 0.5) is 5.69 Å². The number of anilines is 1. The highest BCUT2D eigenvalue weighted by Crippen LogP contribution is 2.29. The molecule has 3 nitrogen and oxygen atoms in total. The normalized spacial score (nSPS) is 9.46. The quantitative estimate of drug-likeness (QED) is 0.660. The Kier molecular flexibility index (Phi) is 2.90. The third-order valence-electron chi connectivity index (χ3n) is 1.84. The molecule has 0 N–H and O–H groups in total. The summed E-state index contributed by atoms with van der Waals surface area (Å²) in [5.74, 6) is 0.627. The first kappa shape index (κ1) is 9.58. The second-order valence-electron chi connectivity index (χ2n) is 2.91. The molecule has 0 aliphatic heterocycles. The van der Waals surface area contributed by atoms with Gasteiger partial charge in [-0.2, -0.15) is 0 Å². The molecule has 0 saturated heterocycles. The summed E-state index contributed by atoms with van der Waals surface area (Å²) in [5, 5.41) is 0. The van der Waals surface area contributed by atoms with E-state index in [-0.39, 0.29) is 0 Å². The summed E-state index contributed by atoms with van der Waals surface area (Å²) in [6.45, 7) is 0. The Morgan fingerprint density at radius 3 is 2.54 bits per heavy atom. The van der Waals surface area contributed by atoms with Gasteiger partial charge in [-0.05, 0) is 12.1 Å². The number of aldehydes is 1. The first-order valence-corrected chi connectivity index (χ1v) is 4.00. The van der Waals surface area contributed by atoms with E-state index in [0.29, 0.717) is 11.3 Å². The lowest BCUT2D eigenvalue weighted by molar-refractivity contribution is 0.112. The van der Waals surface area contributed by atoms with Gasteiger partial charge in [0.2, 0.25) is 0 Å². The SMILES string of the molecule is COc1c(C=O)cccc1N(C)C. The van der Waals surface area contributed by atoms with Crippen molar-refractivity contribution in [3.05, 3.63) is 23.8 Å². The van der Waals surface area contributed by atoms with Crippen molar-refractivity contribution in [1.82, 2.24) is 0 Å². The largest absolute Gasteiger partial charge is 0.494 e. The maximum absolute atomic E-state index is 10.7. The van der Waals surface area contributed by atoms with Crippen molar-refractivity contribution in [3.8, 4) is 5.75 Å². The summed E-state index contributed by atoms with van der Waals surface area (Å²) in [5.41, 5.74) is 1.49. The Bertz CT molecular complexity index is 308. The standard InChI is InChI=1S/C10H13NO2/c1-11(2)9-6-4-5-8(7-12)10(9)13-3/h4-7H,1-3H3. The molecule has 1 aromatic carbocycles. The smallest absolute Gasteiger partial charge is 0.153 e. The predicted octanol–water partition coefficient (Wildman–Crippen LogP) is 1.57. The molecule has 13 heavy (non-hydrogen) atoms. The minimum Gasteiger partial charge on any atom is -0.494 e. The average Bonchev–Trinajstić information content (AvgIpc) is 2.16. The van der Waals surface area contributed by atoms with Gasteiger partial charge in [-0.3, -0.25) is 4.79 Å². The van der Waals surface area contributed by atoms with E-state index in [9.17, 15) is 4.79 Å². The summed E-state index contributed by atoms with van der Waals surface area (Å²) in [6, 6.07) is 5.48. The van der Waals surface area contributed by atoms with Crippen LogP contribution < -0.4 is 9.64 Å². The number of hydrogen-bond acceptors (Lipinski definition) is 3. The van der Waals surface area contributed by atoms with Gasteiger partial charge in [0, 0.05) is 14.1 Å². The summed E-state index contributed by atoms with van der Waals surface area (Å²) in [7, 11) is 5.38. The van der Waals surface area contributed by atoms with Gasteiger partial charge in [0.15, 0.2) is 12.0 Å². The zero-order chi connectivity index (χ0) is 9.84. The van der Waals surface area contributed by atoms with E-state index in [2.05, 4.69) is 0 Å². The number of methoxy groups -OCH3 is 1. The van der Waals surface area contributed by atoms with Crippen LogP contribution in [0.1, 0.15) is 10.4 Å². The van der Waals surface area contributed by atoms with Crippen LogP contribution in [0, 0.1) is 0 Å². The molecule has 1 aromatic rings. The van der Waals surface area contributed by atoms with E-state index >= 15 is 0 Å². The molecule has 0 aliphatic carbocycles. The highest BCUT2D eigenvalue weighted by Gasteiger charge is 2.08. The van der Waals surface area contributed by atoms with Crippen LogP contribution in [0.2, 0.25) is 0 Å². The van der Waals surface area contributed by atoms with Gasteiger partial charge < -0.3 is 9.64 Å². The number of rotatable bonds is 3. The van der Waals surface area contributed by atoms with Gasteiger partial charge in [0.1, 0.15) is 0 Å². The molecule has 1 rings (SSSR count). The van der Waals surface area contributed by atoms with Gasteiger partial charge in [-0.1, -0.05) is 6.07 Å². The van der Waals surface area contributed by atoms with Crippen molar-refractivity contribution in [1.29, 1.82) is 0 Å². The average molecular weight is 179 g/mol. The molecule has 0 saturated carbocycles. The molecule has 0 atom stereocenters. The molecule has 3 heteroatoms. The topological polar surface area (TPSA) is 29.5 Å². The second kappa shape index (κ2) is 3.94. The van der Waals surface area contributed by atoms with Crippen molar-refractivity contribution in [2.24, 2.45) is 0 Å². The minimum absolute atomic E-state index is 0.578. The van der Waals surface area contributed by atoms with E-state index in [1.54, 1.807) is 13.2 Å². The van der Waals surface area contributed by atoms with Crippen LogP contribution in [0.5, 0.6) is 5.75 Å². The molecule has 0 bridgehead atoms. The fourth-order valence-corrected chi connectivity index (χ4v) is 1.21. The number of carbonyl (C=O) groups excluding carboxylic acids is 1. The predicted molar refractivity (Wildman–Crippen MR) is 52.7 cm³/mol. The van der Waals surface area contributed by atoms with Gasteiger partial charge in [-0.15, -0.1) is 0 Å². The Morgan fingerprint density at radius 1 is 1.38 bits per heavy atom. The molecule has 0 aliphatic rings. The van der Waals surface area contributed by atoms with Crippen LogP contribution in [0.3, 0.4) is 0 Å². The molecule has 0 amide bonds. The lowest BCUT2D eigenvalue weighted by Gasteiger charge is -2.17. The highest BCUT2D eigenvalue weighted by molar-refractivity contribution is 5.83. The highest BCUT2D eigenvalue weighted by atomic mass is 16.5.